The number of hydrogen-bond donors (Lipinski definition) is 3. The Labute approximate surface area is 101 Å². The highest BCUT2D eigenvalue weighted by Crippen LogP contribution is 2.08. The van der Waals surface area contributed by atoms with Gasteiger partial charge in [0, 0.05) is 6.54 Å². The third kappa shape index (κ3) is 6.23. The van der Waals surface area contributed by atoms with Crippen LogP contribution in [-0.2, 0) is 14.3 Å². The van der Waals surface area contributed by atoms with Gasteiger partial charge in [-0.3, -0.25) is 9.59 Å². The van der Waals surface area contributed by atoms with E-state index in [0.29, 0.717) is 13.2 Å². The summed E-state index contributed by atoms with van der Waals surface area (Å²) in [5, 5.41) is 5.99. The number of hydrogen-bond acceptors (Lipinski definition) is 4. The van der Waals surface area contributed by atoms with Gasteiger partial charge in [-0.15, -0.1) is 0 Å². The van der Waals surface area contributed by atoms with Crippen LogP contribution in [0, 0.1) is 0 Å². The quantitative estimate of drug-likeness (QED) is 0.529. The van der Waals surface area contributed by atoms with Gasteiger partial charge in [0.25, 0.3) is 0 Å². The van der Waals surface area contributed by atoms with Crippen LogP contribution in [0.15, 0.2) is 0 Å². The van der Waals surface area contributed by atoms with E-state index in [9.17, 15) is 9.59 Å². The van der Waals surface area contributed by atoms with Crippen LogP contribution in [0.5, 0.6) is 0 Å². The van der Waals surface area contributed by atoms with Gasteiger partial charge in [-0.25, -0.2) is 0 Å². The van der Waals surface area contributed by atoms with Crippen LogP contribution >= 0.6 is 0 Å². The van der Waals surface area contributed by atoms with Gasteiger partial charge in [-0.1, -0.05) is 12.8 Å². The molecule has 0 bridgehead atoms. The van der Waals surface area contributed by atoms with Crippen molar-refractivity contribution in [1.82, 2.24) is 10.6 Å². The Bertz CT molecular complexity index is 250. The number of carbonyl (C=O) groups is 2. The SMILES string of the molecule is NC(=O)COCCNC(=O)C1CCCCCN1. The average Bonchev–Trinajstić information content (AvgIpc) is 2.56. The van der Waals surface area contributed by atoms with Gasteiger partial charge >= 0.3 is 0 Å². The maximum absolute atomic E-state index is 11.7. The van der Waals surface area contributed by atoms with Crippen LogP contribution < -0.4 is 16.4 Å². The second-order valence-corrected chi connectivity index (χ2v) is 4.17. The highest BCUT2D eigenvalue weighted by molar-refractivity contribution is 5.81. The molecule has 0 spiro atoms. The molecule has 1 aliphatic heterocycles. The third-order valence-electron chi connectivity index (χ3n) is 2.67. The van der Waals surface area contributed by atoms with Crippen LogP contribution in [0.4, 0.5) is 0 Å². The number of nitrogens with one attached hydrogen (secondary N) is 2. The highest BCUT2D eigenvalue weighted by Gasteiger charge is 2.18. The van der Waals surface area contributed by atoms with Crippen molar-refractivity contribution in [3.05, 3.63) is 0 Å². The minimum Gasteiger partial charge on any atom is -0.370 e. The van der Waals surface area contributed by atoms with Crippen molar-refractivity contribution in [2.45, 2.75) is 31.7 Å². The first-order valence-electron chi connectivity index (χ1n) is 6.07. The molecule has 17 heavy (non-hydrogen) atoms. The normalized spacial score (nSPS) is 20.6. The Hall–Kier alpha value is -1.14. The first-order valence-corrected chi connectivity index (χ1v) is 6.07. The smallest absolute Gasteiger partial charge is 0.243 e. The van der Waals surface area contributed by atoms with Crippen molar-refractivity contribution >= 4 is 11.8 Å². The van der Waals surface area contributed by atoms with Crippen molar-refractivity contribution in [1.29, 1.82) is 0 Å². The number of ether oxygens (including phenoxy) is 1. The van der Waals surface area contributed by atoms with Crippen molar-refractivity contribution < 1.29 is 14.3 Å². The molecule has 1 unspecified atom stereocenters. The molecule has 1 fully saturated rings. The van der Waals surface area contributed by atoms with Crippen molar-refractivity contribution in [2.75, 3.05) is 26.3 Å². The van der Waals surface area contributed by atoms with Crippen LogP contribution in [0.1, 0.15) is 25.7 Å². The molecule has 4 N–H and O–H groups in total. The number of rotatable bonds is 6. The molecule has 6 nitrogen and oxygen atoms in total. The summed E-state index contributed by atoms with van der Waals surface area (Å²) in [6.45, 7) is 1.51. The molecule has 1 aliphatic rings. The van der Waals surface area contributed by atoms with E-state index in [1.807, 2.05) is 0 Å². The first kappa shape index (κ1) is 13.9. The Morgan fingerprint density at radius 2 is 2.18 bits per heavy atom. The van der Waals surface area contributed by atoms with Gasteiger partial charge in [0.15, 0.2) is 0 Å². The molecular weight excluding hydrogens is 222 g/mol. The predicted octanol–water partition coefficient (Wildman–Crippen LogP) is -0.863. The molecule has 1 atom stereocenters. The molecule has 0 saturated carbocycles. The van der Waals surface area contributed by atoms with Crippen LogP contribution in [0.3, 0.4) is 0 Å². The average molecular weight is 243 g/mol. The van der Waals surface area contributed by atoms with Gasteiger partial charge in [0.1, 0.15) is 6.61 Å². The Morgan fingerprint density at radius 1 is 1.35 bits per heavy atom. The topological polar surface area (TPSA) is 93.5 Å². The highest BCUT2D eigenvalue weighted by atomic mass is 16.5. The van der Waals surface area contributed by atoms with E-state index in [1.54, 1.807) is 0 Å². The minimum absolute atomic E-state index is 0.00887. The molecule has 1 heterocycles. The second-order valence-electron chi connectivity index (χ2n) is 4.17. The molecule has 1 rings (SSSR count). The molecule has 0 aromatic carbocycles. The van der Waals surface area contributed by atoms with Crippen molar-refractivity contribution in [3.8, 4) is 0 Å². The monoisotopic (exact) mass is 243 g/mol. The summed E-state index contributed by atoms with van der Waals surface area (Å²) in [6, 6.07) is -0.0892. The van der Waals surface area contributed by atoms with Crippen molar-refractivity contribution in [3.63, 3.8) is 0 Å². The molecule has 98 valence electrons. The Kier molecular flexibility index (Phi) is 6.57. The van der Waals surface area contributed by atoms with Gasteiger partial charge in [0.2, 0.25) is 11.8 Å². The molecule has 0 radical (unpaired) electrons. The maximum Gasteiger partial charge on any atom is 0.243 e. The summed E-state index contributed by atoms with van der Waals surface area (Å²) >= 11 is 0. The lowest BCUT2D eigenvalue weighted by molar-refractivity contribution is -0.123. The van der Waals surface area contributed by atoms with Crippen LogP contribution in [0.25, 0.3) is 0 Å². The molecule has 6 heteroatoms. The van der Waals surface area contributed by atoms with Gasteiger partial charge in [0.05, 0.1) is 12.6 Å². The zero-order chi connectivity index (χ0) is 12.5. The lowest BCUT2D eigenvalue weighted by Crippen LogP contribution is -2.44. The fraction of sp³-hybridized carbons (Fsp3) is 0.818. The van der Waals surface area contributed by atoms with Gasteiger partial charge in [-0.05, 0) is 19.4 Å². The van der Waals surface area contributed by atoms with E-state index >= 15 is 0 Å². The number of carbonyl (C=O) groups excluding carboxylic acids is 2. The molecule has 2 amide bonds. The predicted molar refractivity (Wildman–Crippen MR) is 63.3 cm³/mol. The van der Waals surface area contributed by atoms with E-state index in [4.69, 9.17) is 10.5 Å². The first-order chi connectivity index (χ1) is 8.20. The molecular formula is C11H21N3O3. The van der Waals surface area contributed by atoms with Crippen LogP contribution in [0.2, 0.25) is 0 Å². The van der Waals surface area contributed by atoms with E-state index in [2.05, 4.69) is 10.6 Å². The van der Waals surface area contributed by atoms with Gasteiger partial charge < -0.3 is 21.1 Å². The minimum atomic E-state index is -0.498. The Balaban J connectivity index is 2.09. The maximum atomic E-state index is 11.7. The summed E-state index contributed by atoms with van der Waals surface area (Å²) in [4.78, 5) is 22.1. The molecule has 0 aliphatic carbocycles. The second kappa shape index (κ2) is 8.03. The van der Waals surface area contributed by atoms with Crippen molar-refractivity contribution in [2.24, 2.45) is 5.73 Å². The summed E-state index contributed by atoms with van der Waals surface area (Å²) in [5.74, 6) is -0.490. The zero-order valence-electron chi connectivity index (χ0n) is 10.0. The number of amides is 2. The van der Waals surface area contributed by atoms with E-state index < -0.39 is 5.91 Å². The largest absolute Gasteiger partial charge is 0.370 e. The lowest BCUT2D eigenvalue weighted by atomic mass is 10.1. The van der Waals surface area contributed by atoms with Crippen LogP contribution in [-0.4, -0.2) is 44.2 Å². The van der Waals surface area contributed by atoms with Gasteiger partial charge in [-0.2, -0.15) is 0 Å². The third-order valence-corrected chi connectivity index (χ3v) is 2.67. The fourth-order valence-electron chi connectivity index (χ4n) is 1.79. The fourth-order valence-corrected chi connectivity index (χ4v) is 1.79. The standard InChI is InChI=1S/C11H21N3O3/c12-10(15)8-17-7-6-14-11(16)9-4-2-1-3-5-13-9/h9,13H,1-8H2,(H2,12,15)(H,14,16). The van der Waals surface area contributed by atoms with E-state index in [0.717, 1.165) is 25.8 Å². The van der Waals surface area contributed by atoms with E-state index in [-0.39, 0.29) is 18.6 Å². The van der Waals surface area contributed by atoms with E-state index in [1.165, 1.54) is 6.42 Å². The molecule has 1 saturated heterocycles. The Morgan fingerprint density at radius 3 is 2.94 bits per heavy atom. The summed E-state index contributed by atoms with van der Waals surface area (Å²) in [7, 11) is 0. The number of primary amides is 1. The summed E-state index contributed by atoms with van der Waals surface area (Å²) in [6.07, 6.45) is 4.28. The number of nitrogens with two attached hydrogens (primary N) is 1. The lowest BCUT2D eigenvalue weighted by Gasteiger charge is -2.15. The summed E-state index contributed by atoms with van der Waals surface area (Å²) in [5.41, 5.74) is 4.91. The zero-order valence-corrected chi connectivity index (χ0v) is 10.0. The molecule has 0 aromatic heterocycles. The molecule has 0 aromatic rings. The summed E-state index contributed by atoms with van der Waals surface area (Å²) < 4.78 is 4.95.